The number of nitrogens with zero attached hydrogens (tertiary/aromatic N) is 2. The maximum Gasteiger partial charge on any atom is 0.329 e. The van der Waals surface area contributed by atoms with Crippen LogP contribution < -0.4 is 22.5 Å². The first kappa shape index (κ1) is 18.4. The Morgan fingerprint density at radius 1 is 0.966 bits per heavy atom. The molecule has 0 radical (unpaired) electrons. The van der Waals surface area contributed by atoms with E-state index in [9.17, 15) is 9.59 Å². The Labute approximate surface area is 167 Å². The molecule has 0 aliphatic heterocycles. The largest absolute Gasteiger partial charge is 0.399 e. The zero-order valence-corrected chi connectivity index (χ0v) is 15.9. The summed E-state index contributed by atoms with van der Waals surface area (Å²) >= 11 is 0. The van der Waals surface area contributed by atoms with Crippen LogP contribution in [0.1, 0.15) is 15.9 Å². The normalized spacial score (nSPS) is 10.9. The molecule has 0 unspecified atom stereocenters. The number of amides is 1. The molecule has 29 heavy (non-hydrogen) atoms. The number of imidazole rings is 1. The van der Waals surface area contributed by atoms with Gasteiger partial charge >= 0.3 is 5.69 Å². The van der Waals surface area contributed by atoms with Gasteiger partial charge in [-0.1, -0.05) is 24.3 Å². The van der Waals surface area contributed by atoms with Crippen LogP contribution in [-0.2, 0) is 13.6 Å². The van der Waals surface area contributed by atoms with Crippen LogP contribution in [0.2, 0.25) is 0 Å². The van der Waals surface area contributed by atoms with Crippen LogP contribution in [0, 0.1) is 0 Å². The minimum absolute atomic E-state index is 0.119. The molecule has 0 bridgehead atoms. The number of benzene rings is 3. The summed E-state index contributed by atoms with van der Waals surface area (Å²) in [5.41, 5.74) is 16.3. The van der Waals surface area contributed by atoms with Crippen LogP contribution in [-0.4, -0.2) is 15.0 Å². The number of aryl methyl sites for hydroxylation is 1. The number of para-hydroxylation sites is 2. The summed E-state index contributed by atoms with van der Waals surface area (Å²) in [5, 5.41) is 2.80. The molecular formula is C22H21N5O2. The Morgan fingerprint density at radius 2 is 1.69 bits per heavy atom. The molecular weight excluding hydrogens is 366 g/mol. The zero-order valence-electron chi connectivity index (χ0n) is 15.9. The second kappa shape index (κ2) is 7.20. The molecule has 7 heteroatoms. The van der Waals surface area contributed by atoms with Crippen molar-refractivity contribution >= 4 is 34.0 Å². The van der Waals surface area contributed by atoms with Crippen molar-refractivity contribution < 1.29 is 4.79 Å². The lowest BCUT2D eigenvalue weighted by Crippen LogP contribution is -2.22. The Balaban J connectivity index is 1.58. The van der Waals surface area contributed by atoms with Crippen LogP contribution in [0.3, 0.4) is 0 Å². The van der Waals surface area contributed by atoms with Gasteiger partial charge in [-0.15, -0.1) is 0 Å². The zero-order chi connectivity index (χ0) is 20.5. The molecule has 1 amide bonds. The maximum absolute atomic E-state index is 12.6. The Kier molecular flexibility index (Phi) is 4.56. The van der Waals surface area contributed by atoms with Gasteiger partial charge in [0, 0.05) is 18.3 Å². The Hall–Kier alpha value is -4.00. The lowest BCUT2D eigenvalue weighted by Gasteiger charge is -2.09. The van der Waals surface area contributed by atoms with Crippen molar-refractivity contribution in [3.8, 4) is 0 Å². The molecule has 146 valence electrons. The third-order valence-electron chi connectivity index (χ3n) is 4.94. The monoisotopic (exact) mass is 387 g/mol. The molecule has 0 aliphatic carbocycles. The predicted octanol–water partition coefficient (Wildman–Crippen LogP) is 2.80. The van der Waals surface area contributed by atoms with E-state index in [2.05, 4.69) is 5.32 Å². The van der Waals surface area contributed by atoms with E-state index in [-0.39, 0.29) is 11.6 Å². The summed E-state index contributed by atoms with van der Waals surface area (Å²) in [4.78, 5) is 25.1. The highest BCUT2D eigenvalue weighted by Crippen LogP contribution is 2.19. The highest BCUT2D eigenvalue weighted by molar-refractivity contribution is 6.05. The van der Waals surface area contributed by atoms with Gasteiger partial charge in [0.2, 0.25) is 0 Å². The van der Waals surface area contributed by atoms with Crippen LogP contribution in [0.4, 0.5) is 17.1 Å². The molecule has 1 heterocycles. The van der Waals surface area contributed by atoms with E-state index in [4.69, 9.17) is 11.5 Å². The molecule has 5 N–H and O–H groups in total. The van der Waals surface area contributed by atoms with Gasteiger partial charge in [-0.3, -0.25) is 13.9 Å². The van der Waals surface area contributed by atoms with E-state index in [1.807, 2.05) is 30.3 Å². The van der Waals surface area contributed by atoms with Gasteiger partial charge in [-0.25, -0.2) is 4.79 Å². The standard InChI is InChI=1S/C22H21N5O2/c1-26-19-11-10-16(23)12-20(19)27(22(26)29)13-14-6-8-15(9-7-14)21(28)25-18-5-3-2-4-17(18)24/h2-12H,13,23-24H2,1H3,(H,25,28). The average molecular weight is 387 g/mol. The van der Waals surface area contributed by atoms with Crippen molar-refractivity contribution in [2.24, 2.45) is 7.05 Å². The quantitative estimate of drug-likeness (QED) is 0.468. The molecule has 0 atom stereocenters. The maximum atomic E-state index is 12.6. The number of carbonyl (C=O) groups excluding carboxylic acids is 1. The summed E-state index contributed by atoms with van der Waals surface area (Å²) in [6, 6.07) is 19.6. The molecule has 4 rings (SSSR count). The van der Waals surface area contributed by atoms with Crippen molar-refractivity contribution in [3.05, 3.63) is 88.3 Å². The fourth-order valence-corrected chi connectivity index (χ4v) is 3.33. The topological polar surface area (TPSA) is 108 Å². The average Bonchev–Trinajstić information content (AvgIpc) is 2.94. The highest BCUT2D eigenvalue weighted by Gasteiger charge is 2.12. The van der Waals surface area contributed by atoms with Gasteiger partial charge in [0.1, 0.15) is 0 Å². The molecule has 0 spiro atoms. The summed E-state index contributed by atoms with van der Waals surface area (Å²) in [5.74, 6) is -0.246. The van der Waals surface area contributed by atoms with E-state index in [1.54, 1.807) is 52.6 Å². The predicted molar refractivity (Wildman–Crippen MR) is 116 cm³/mol. The van der Waals surface area contributed by atoms with Crippen molar-refractivity contribution in [1.29, 1.82) is 0 Å². The highest BCUT2D eigenvalue weighted by atomic mass is 16.2. The van der Waals surface area contributed by atoms with Crippen molar-refractivity contribution in [3.63, 3.8) is 0 Å². The molecule has 0 saturated heterocycles. The number of carbonyl (C=O) groups is 1. The summed E-state index contributed by atoms with van der Waals surface area (Å²) in [6.45, 7) is 0.382. The number of hydrogen-bond acceptors (Lipinski definition) is 4. The fourth-order valence-electron chi connectivity index (χ4n) is 3.33. The van der Waals surface area contributed by atoms with E-state index in [1.165, 1.54) is 0 Å². The second-order valence-electron chi connectivity index (χ2n) is 6.91. The molecule has 3 aromatic carbocycles. The van der Waals surface area contributed by atoms with E-state index in [0.29, 0.717) is 29.2 Å². The molecule has 0 saturated carbocycles. The van der Waals surface area contributed by atoms with Gasteiger partial charge in [-0.05, 0) is 48.0 Å². The molecule has 0 aliphatic rings. The third-order valence-corrected chi connectivity index (χ3v) is 4.94. The number of nitrogens with one attached hydrogen (secondary N) is 1. The number of nitrogen functional groups attached to an aromatic ring is 2. The number of fused-ring (bicyclic) bond motifs is 1. The van der Waals surface area contributed by atoms with Gasteiger partial charge in [-0.2, -0.15) is 0 Å². The van der Waals surface area contributed by atoms with E-state index >= 15 is 0 Å². The van der Waals surface area contributed by atoms with E-state index in [0.717, 1.165) is 16.6 Å². The lowest BCUT2D eigenvalue weighted by atomic mass is 10.1. The minimum Gasteiger partial charge on any atom is -0.399 e. The van der Waals surface area contributed by atoms with Crippen molar-refractivity contribution in [1.82, 2.24) is 9.13 Å². The first-order valence-electron chi connectivity index (χ1n) is 9.13. The Morgan fingerprint density at radius 3 is 2.41 bits per heavy atom. The summed E-state index contributed by atoms with van der Waals surface area (Å²) < 4.78 is 3.27. The van der Waals surface area contributed by atoms with Gasteiger partial charge < -0.3 is 16.8 Å². The van der Waals surface area contributed by atoms with Crippen LogP contribution in [0.5, 0.6) is 0 Å². The number of nitrogens with two attached hydrogens (primary N) is 2. The van der Waals surface area contributed by atoms with Crippen molar-refractivity contribution in [2.45, 2.75) is 6.54 Å². The number of rotatable bonds is 4. The molecule has 1 aromatic heterocycles. The third kappa shape index (κ3) is 3.45. The number of anilines is 3. The number of aromatic nitrogens is 2. The molecule has 4 aromatic rings. The van der Waals surface area contributed by atoms with Crippen LogP contribution in [0.15, 0.2) is 71.5 Å². The first-order chi connectivity index (χ1) is 13.9. The smallest absolute Gasteiger partial charge is 0.329 e. The van der Waals surface area contributed by atoms with Gasteiger partial charge in [0.25, 0.3) is 5.91 Å². The summed E-state index contributed by atoms with van der Waals surface area (Å²) in [6.07, 6.45) is 0. The summed E-state index contributed by atoms with van der Waals surface area (Å²) in [7, 11) is 1.74. The second-order valence-corrected chi connectivity index (χ2v) is 6.91. The van der Waals surface area contributed by atoms with E-state index < -0.39 is 0 Å². The number of hydrogen-bond donors (Lipinski definition) is 3. The molecule has 7 nitrogen and oxygen atoms in total. The first-order valence-corrected chi connectivity index (χ1v) is 9.13. The fraction of sp³-hybridized carbons (Fsp3) is 0.0909. The minimum atomic E-state index is -0.246. The van der Waals surface area contributed by atoms with Crippen LogP contribution in [0.25, 0.3) is 11.0 Å². The van der Waals surface area contributed by atoms with Crippen molar-refractivity contribution in [2.75, 3.05) is 16.8 Å². The van der Waals surface area contributed by atoms with Gasteiger partial charge in [0.15, 0.2) is 0 Å². The lowest BCUT2D eigenvalue weighted by molar-refractivity contribution is 0.102. The SMILES string of the molecule is Cn1c(=O)n(Cc2ccc(C(=O)Nc3ccccc3N)cc2)c2cc(N)ccc21. The molecule has 0 fully saturated rings. The van der Waals surface area contributed by atoms with Gasteiger partial charge in [0.05, 0.1) is 29.0 Å². The Bertz CT molecular complexity index is 1270. The van der Waals surface area contributed by atoms with Crippen LogP contribution >= 0.6 is 0 Å².